The molecule has 0 amide bonds. The highest BCUT2D eigenvalue weighted by Crippen LogP contribution is 2.22. The first kappa shape index (κ1) is 14.8. The van der Waals surface area contributed by atoms with Crippen molar-refractivity contribution < 1.29 is 5.11 Å². The molecule has 2 aromatic carbocycles. The predicted octanol–water partition coefficient (Wildman–Crippen LogP) is 4.47. The van der Waals surface area contributed by atoms with Crippen molar-refractivity contribution in [1.29, 1.82) is 0 Å². The first-order valence-electron chi connectivity index (χ1n) is 7.37. The van der Waals surface area contributed by atoms with Crippen molar-refractivity contribution in [2.24, 2.45) is 5.92 Å². The summed E-state index contributed by atoms with van der Waals surface area (Å²) in [4.78, 5) is 0. The maximum atomic E-state index is 10.5. The molecule has 0 aliphatic rings. The van der Waals surface area contributed by atoms with Gasteiger partial charge in [0.15, 0.2) is 0 Å². The van der Waals surface area contributed by atoms with Gasteiger partial charge < -0.3 is 5.11 Å². The second-order valence-corrected chi connectivity index (χ2v) is 5.99. The molecule has 0 radical (unpaired) electrons. The Hall–Kier alpha value is -1.60. The third kappa shape index (κ3) is 3.94. The highest BCUT2D eigenvalue weighted by molar-refractivity contribution is 5.30. The van der Waals surface area contributed by atoms with Gasteiger partial charge >= 0.3 is 0 Å². The summed E-state index contributed by atoms with van der Waals surface area (Å²) in [5.74, 6) is 0.638. The van der Waals surface area contributed by atoms with E-state index >= 15 is 0 Å². The lowest BCUT2D eigenvalue weighted by Gasteiger charge is -2.14. The molecule has 1 heteroatoms. The molecule has 0 aliphatic heterocycles. The van der Waals surface area contributed by atoms with Crippen molar-refractivity contribution >= 4 is 0 Å². The van der Waals surface area contributed by atoms with Crippen LogP contribution in [-0.4, -0.2) is 5.11 Å². The van der Waals surface area contributed by atoms with Gasteiger partial charge in [0.1, 0.15) is 0 Å². The van der Waals surface area contributed by atoms with Gasteiger partial charge in [0.05, 0.1) is 6.10 Å². The molecular weight excluding hydrogens is 244 g/mol. The van der Waals surface area contributed by atoms with Crippen LogP contribution < -0.4 is 0 Å². The fourth-order valence-electron chi connectivity index (χ4n) is 2.56. The fraction of sp³-hybridized carbons (Fsp3) is 0.368. The maximum absolute atomic E-state index is 10.5. The van der Waals surface area contributed by atoms with Crippen molar-refractivity contribution in [3.8, 4) is 0 Å². The number of rotatable bonds is 5. The lowest BCUT2D eigenvalue weighted by atomic mass is 9.95. The van der Waals surface area contributed by atoms with E-state index in [-0.39, 0.29) is 0 Å². The summed E-state index contributed by atoms with van der Waals surface area (Å²) < 4.78 is 0. The molecule has 0 fully saturated rings. The molecule has 1 nitrogen and oxygen atoms in total. The van der Waals surface area contributed by atoms with E-state index in [1.54, 1.807) is 0 Å². The molecule has 2 aromatic rings. The van der Waals surface area contributed by atoms with Crippen LogP contribution in [0, 0.1) is 12.8 Å². The van der Waals surface area contributed by atoms with Crippen LogP contribution in [-0.2, 0) is 12.8 Å². The standard InChI is InChI=1S/C19H24O/c1-14(2)11-16-8-6-10-18(12-16)19(20)13-17-9-5-4-7-15(17)3/h4-10,12,14,19-20H,11,13H2,1-3H3. The Kier molecular flexibility index (Phi) is 4.97. The smallest absolute Gasteiger partial charge is 0.0830 e. The zero-order chi connectivity index (χ0) is 14.5. The fourth-order valence-corrected chi connectivity index (χ4v) is 2.56. The van der Waals surface area contributed by atoms with Gasteiger partial charge in [-0.25, -0.2) is 0 Å². The lowest BCUT2D eigenvalue weighted by Crippen LogP contribution is -2.04. The Labute approximate surface area is 122 Å². The van der Waals surface area contributed by atoms with Gasteiger partial charge in [-0.1, -0.05) is 62.4 Å². The van der Waals surface area contributed by atoms with Crippen LogP contribution in [0.15, 0.2) is 48.5 Å². The lowest BCUT2D eigenvalue weighted by molar-refractivity contribution is 0.178. The number of hydrogen-bond donors (Lipinski definition) is 1. The Morgan fingerprint density at radius 1 is 0.950 bits per heavy atom. The number of aliphatic hydroxyl groups is 1. The quantitative estimate of drug-likeness (QED) is 0.848. The van der Waals surface area contributed by atoms with Crippen LogP contribution in [0.3, 0.4) is 0 Å². The number of aliphatic hydroxyl groups excluding tert-OH is 1. The van der Waals surface area contributed by atoms with E-state index in [0.29, 0.717) is 12.3 Å². The summed E-state index contributed by atoms with van der Waals surface area (Å²) in [5.41, 5.74) is 4.78. The molecule has 0 aromatic heterocycles. The second kappa shape index (κ2) is 6.71. The van der Waals surface area contributed by atoms with E-state index in [1.165, 1.54) is 16.7 Å². The zero-order valence-corrected chi connectivity index (χ0v) is 12.6. The first-order chi connectivity index (χ1) is 9.56. The van der Waals surface area contributed by atoms with Crippen LogP contribution in [0.2, 0.25) is 0 Å². The Morgan fingerprint density at radius 3 is 2.40 bits per heavy atom. The molecule has 0 heterocycles. The van der Waals surface area contributed by atoms with Gasteiger partial charge in [-0.3, -0.25) is 0 Å². The highest BCUT2D eigenvalue weighted by atomic mass is 16.3. The number of benzene rings is 2. The zero-order valence-electron chi connectivity index (χ0n) is 12.6. The minimum Gasteiger partial charge on any atom is -0.388 e. The normalized spacial score (nSPS) is 12.7. The molecule has 0 bridgehead atoms. The SMILES string of the molecule is Cc1ccccc1CC(O)c1cccc(CC(C)C)c1. The summed E-state index contributed by atoms with van der Waals surface area (Å²) in [5, 5.41) is 10.5. The van der Waals surface area contributed by atoms with Crippen LogP contribution >= 0.6 is 0 Å². The van der Waals surface area contributed by atoms with Crippen molar-refractivity contribution in [2.75, 3.05) is 0 Å². The average molecular weight is 268 g/mol. The monoisotopic (exact) mass is 268 g/mol. The number of aryl methyl sites for hydroxylation is 1. The molecule has 0 spiro atoms. The van der Waals surface area contributed by atoms with Crippen LogP contribution in [0.5, 0.6) is 0 Å². The van der Waals surface area contributed by atoms with E-state index in [9.17, 15) is 5.11 Å². The summed E-state index contributed by atoms with van der Waals surface area (Å²) in [6, 6.07) is 16.6. The van der Waals surface area contributed by atoms with Gasteiger partial charge in [0.25, 0.3) is 0 Å². The van der Waals surface area contributed by atoms with E-state index < -0.39 is 6.10 Å². The van der Waals surface area contributed by atoms with E-state index in [1.807, 2.05) is 24.3 Å². The van der Waals surface area contributed by atoms with Crippen LogP contribution in [0.1, 0.15) is 42.2 Å². The molecule has 1 N–H and O–H groups in total. The van der Waals surface area contributed by atoms with Gasteiger partial charge in [-0.2, -0.15) is 0 Å². The van der Waals surface area contributed by atoms with Crippen LogP contribution in [0.4, 0.5) is 0 Å². The molecule has 0 saturated carbocycles. The molecule has 1 atom stereocenters. The largest absolute Gasteiger partial charge is 0.388 e. The molecular formula is C19H24O. The van der Waals surface area contributed by atoms with E-state index in [2.05, 4.69) is 45.0 Å². The van der Waals surface area contributed by atoms with Gasteiger partial charge in [0.2, 0.25) is 0 Å². The summed E-state index contributed by atoms with van der Waals surface area (Å²) >= 11 is 0. The highest BCUT2D eigenvalue weighted by Gasteiger charge is 2.10. The third-order valence-electron chi connectivity index (χ3n) is 3.65. The van der Waals surface area contributed by atoms with E-state index in [4.69, 9.17) is 0 Å². The number of hydrogen-bond acceptors (Lipinski definition) is 1. The summed E-state index contributed by atoms with van der Waals surface area (Å²) in [7, 11) is 0. The van der Waals surface area contributed by atoms with Crippen molar-refractivity contribution in [3.63, 3.8) is 0 Å². The molecule has 106 valence electrons. The van der Waals surface area contributed by atoms with Gasteiger partial charge in [0, 0.05) is 6.42 Å². The second-order valence-electron chi connectivity index (χ2n) is 5.99. The van der Waals surface area contributed by atoms with Crippen molar-refractivity contribution in [2.45, 2.75) is 39.7 Å². The molecule has 0 saturated heterocycles. The van der Waals surface area contributed by atoms with Crippen LogP contribution in [0.25, 0.3) is 0 Å². The summed E-state index contributed by atoms with van der Waals surface area (Å²) in [6.45, 7) is 6.53. The predicted molar refractivity (Wildman–Crippen MR) is 84.8 cm³/mol. The average Bonchev–Trinajstić information content (AvgIpc) is 2.41. The minimum atomic E-state index is -0.428. The molecule has 2 rings (SSSR count). The molecule has 1 unspecified atom stereocenters. The Bertz CT molecular complexity index is 557. The van der Waals surface area contributed by atoms with Gasteiger partial charge in [-0.05, 0) is 41.5 Å². The Balaban J connectivity index is 2.13. The first-order valence-corrected chi connectivity index (χ1v) is 7.37. The third-order valence-corrected chi connectivity index (χ3v) is 3.65. The van der Waals surface area contributed by atoms with Crippen molar-refractivity contribution in [1.82, 2.24) is 0 Å². The van der Waals surface area contributed by atoms with Gasteiger partial charge in [-0.15, -0.1) is 0 Å². The van der Waals surface area contributed by atoms with Crippen molar-refractivity contribution in [3.05, 3.63) is 70.8 Å². The molecule has 0 aliphatic carbocycles. The minimum absolute atomic E-state index is 0.428. The van der Waals surface area contributed by atoms with E-state index in [0.717, 1.165) is 12.0 Å². The molecule has 20 heavy (non-hydrogen) atoms. The maximum Gasteiger partial charge on any atom is 0.0830 e. The summed E-state index contributed by atoms with van der Waals surface area (Å²) in [6.07, 6.45) is 1.31. The topological polar surface area (TPSA) is 20.2 Å². The Morgan fingerprint density at radius 2 is 1.70 bits per heavy atom.